The lowest BCUT2D eigenvalue weighted by Crippen LogP contribution is -2.13. The van der Waals surface area contributed by atoms with Crippen LogP contribution in [0.3, 0.4) is 0 Å². The average Bonchev–Trinajstić information content (AvgIpc) is 2.67. The number of benzene rings is 1. The molecule has 1 aliphatic carbocycles. The SMILES string of the molecule is CCCCCC1CCC(C#CCCC#Cc2ccc(CCC)cc2)CC1. The Morgan fingerprint density at radius 3 is 2.27 bits per heavy atom. The van der Waals surface area contributed by atoms with Crippen molar-refractivity contribution >= 4 is 0 Å². The summed E-state index contributed by atoms with van der Waals surface area (Å²) in [6, 6.07) is 8.68. The summed E-state index contributed by atoms with van der Waals surface area (Å²) < 4.78 is 0. The van der Waals surface area contributed by atoms with Gasteiger partial charge in [-0.2, -0.15) is 0 Å². The van der Waals surface area contributed by atoms with Crippen LogP contribution in [-0.2, 0) is 6.42 Å². The Morgan fingerprint density at radius 1 is 0.846 bits per heavy atom. The standard InChI is InChI=1S/C26H36/c1-3-5-8-12-24-19-21-26(22-20-24)14-10-7-6-9-13-25-17-15-23(11-4-2)16-18-25/h15-18,24,26H,3-8,11-12,19-22H2,1-2H3. The Bertz CT molecular complexity index is 606. The monoisotopic (exact) mass is 348 g/mol. The van der Waals surface area contributed by atoms with Crippen LogP contribution in [0.15, 0.2) is 24.3 Å². The van der Waals surface area contributed by atoms with E-state index >= 15 is 0 Å². The molecule has 1 saturated carbocycles. The Hall–Kier alpha value is -1.66. The van der Waals surface area contributed by atoms with E-state index in [1.807, 2.05) is 0 Å². The third-order valence-corrected chi connectivity index (χ3v) is 5.47. The molecule has 1 aliphatic rings. The molecule has 140 valence electrons. The molecule has 0 nitrogen and oxygen atoms in total. The van der Waals surface area contributed by atoms with Crippen molar-refractivity contribution in [2.45, 2.75) is 90.9 Å². The predicted octanol–water partition coefficient (Wildman–Crippen LogP) is 7.16. The minimum absolute atomic E-state index is 0.650. The van der Waals surface area contributed by atoms with Crippen molar-refractivity contribution in [1.29, 1.82) is 0 Å². The van der Waals surface area contributed by atoms with E-state index in [2.05, 4.69) is 61.8 Å². The lowest BCUT2D eigenvalue weighted by Gasteiger charge is -2.25. The van der Waals surface area contributed by atoms with Crippen molar-refractivity contribution in [2.24, 2.45) is 11.8 Å². The molecule has 0 N–H and O–H groups in total. The van der Waals surface area contributed by atoms with E-state index < -0.39 is 0 Å². The quantitative estimate of drug-likeness (QED) is 0.362. The van der Waals surface area contributed by atoms with Gasteiger partial charge < -0.3 is 0 Å². The molecule has 0 unspecified atom stereocenters. The van der Waals surface area contributed by atoms with E-state index in [1.54, 1.807) is 0 Å². The van der Waals surface area contributed by atoms with Gasteiger partial charge in [-0.3, -0.25) is 0 Å². The second kappa shape index (κ2) is 12.7. The summed E-state index contributed by atoms with van der Waals surface area (Å²) in [4.78, 5) is 0. The molecule has 2 rings (SSSR count). The van der Waals surface area contributed by atoms with E-state index in [4.69, 9.17) is 0 Å². The topological polar surface area (TPSA) is 0 Å². The molecule has 1 aromatic rings. The minimum Gasteiger partial charge on any atom is -0.102 e. The average molecular weight is 349 g/mol. The Kier molecular flexibility index (Phi) is 10.1. The molecule has 26 heavy (non-hydrogen) atoms. The van der Waals surface area contributed by atoms with Crippen LogP contribution >= 0.6 is 0 Å². The smallest absolute Gasteiger partial charge is 0.0245 e. The predicted molar refractivity (Wildman–Crippen MR) is 114 cm³/mol. The number of unbranched alkanes of at least 4 members (excludes halogenated alkanes) is 3. The van der Waals surface area contributed by atoms with Crippen molar-refractivity contribution in [3.63, 3.8) is 0 Å². The summed E-state index contributed by atoms with van der Waals surface area (Å²) in [6.45, 7) is 4.51. The fourth-order valence-corrected chi connectivity index (χ4v) is 3.83. The lowest BCUT2D eigenvalue weighted by atomic mass is 9.80. The first-order chi connectivity index (χ1) is 12.8. The first-order valence-electron chi connectivity index (χ1n) is 10.9. The van der Waals surface area contributed by atoms with Gasteiger partial charge in [-0.1, -0.05) is 75.8 Å². The van der Waals surface area contributed by atoms with Crippen LogP contribution in [0.2, 0.25) is 0 Å². The zero-order valence-corrected chi connectivity index (χ0v) is 16.9. The fraction of sp³-hybridized carbons (Fsp3) is 0.615. The molecular weight excluding hydrogens is 312 g/mol. The number of rotatable bonds is 7. The van der Waals surface area contributed by atoms with Crippen LogP contribution in [0.5, 0.6) is 0 Å². The molecule has 1 fully saturated rings. The van der Waals surface area contributed by atoms with Gasteiger partial charge in [0.05, 0.1) is 0 Å². The minimum atomic E-state index is 0.650. The van der Waals surface area contributed by atoms with E-state index in [0.717, 1.165) is 30.7 Å². The summed E-state index contributed by atoms with van der Waals surface area (Å²) in [5.41, 5.74) is 2.53. The molecule has 0 atom stereocenters. The summed E-state index contributed by atoms with van der Waals surface area (Å²) in [7, 11) is 0. The highest BCUT2D eigenvalue weighted by atomic mass is 14.2. The molecular formula is C26H36. The van der Waals surface area contributed by atoms with Gasteiger partial charge in [0.15, 0.2) is 0 Å². The van der Waals surface area contributed by atoms with Crippen molar-refractivity contribution in [3.05, 3.63) is 35.4 Å². The maximum Gasteiger partial charge on any atom is 0.0245 e. The van der Waals surface area contributed by atoms with Gasteiger partial charge in [0.2, 0.25) is 0 Å². The van der Waals surface area contributed by atoms with E-state index in [0.29, 0.717) is 5.92 Å². The highest BCUT2D eigenvalue weighted by Crippen LogP contribution is 2.31. The second-order valence-electron chi connectivity index (χ2n) is 7.78. The van der Waals surface area contributed by atoms with Gasteiger partial charge in [0, 0.05) is 24.3 Å². The molecule has 0 saturated heterocycles. The molecule has 0 amide bonds. The molecule has 0 spiro atoms. The summed E-state index contributed by atoms with van der Waals surface area (Å²) in [5, 5.41) is 0. The zero-order chi connectivity index (χ0) is 18.5. The molecule has 0 aromatic heterocycles. The molecule has 0 bridgehead atoms. The fourth-order valence-electron chi connectivity index (χ4n) is 3.83. The first kappa shape index (κ1) is 20.6. The molecule has 0 heteroatoms. The summed E-state index contributed by atoms with van der Waals surface area (Å²) in [6.07, 6.45) is 15.2. The largest absolute Gasteiger partial charge is 0.102 e. The summed E-state index contributed by atoms with van der Waals surface area (Å²) >= 11 is 0. The Labute approximate surface area is 162 Å². The van der Waals surface area contributed by atoms with Crippen LogP contribution in [0.1, 0.15) is 95.6 Å². The molecule has 1 aromatic carbocycles. The normalized spacial score (nSPS) is 19.2. The maximum absolute atomic E-state index is 3.51. The number of hydrogen-bond donors (Lipinski definition) is 0. The van der Waals surface area contributed by atoms with Crippen molar-refractivity contribution in [1.82, 2.24) is 0 Å². The number of aryl methyl sites for hydroxylation is 1. The van der Waals surface area contributed by atoms with Gasteiger partial charge in [0.1, 0.15) is 0 Å². The van der Waals surface area contributed by atoms with Crippen LogP contribution in [0, 0.1) is 35.5 Å². The number of hydrogen-bond acceptors (Lipinski definition) is 0. The van der Waals surface area contributed by atoms with Crippen LogP contribution in [-0.4, -0.2) is 0 Å². The second-order valence-corrected chi connectivity index (χ2v) is 7.78. The van der Waals surface area contributed by atoms with Crippen molar-refractivity contribution in [2.75, 3.05) is 0 Å². The lowest BCUT2D eigenvalue weighted by molar-refractivity contribution is 0.294. The highest BCUT2D eigenvalue weighted by Gasteiger charge is 2.19. The first-order valence-corrected chi connectivity index (χ1v) is 10.9. The Balaban J connectivity index is 1.62. The van der Waals surface area contributed by atoms with Gasteiger partial charge in [-0.25, -0.2) is 0 Å². The maximum atomic E-state index is 3.51. The van der Waals surface area contributed by atoms with Crippen molar-refractivity contribution < 1.29 is 0 Å². The molecule has 0 radical (unpaired) electrons. The third-order valence-electron chi connectivity index (χ3n) is 5.47. The highest BCUT2D eigenvalue weighted by molar-refractivity contribution is 5.36. The Morgan fingerprint density at radius 2 is 1.58 bits per heavy atom. The van der Waals surface area contributed by atoms with E-state index in [1.165, 1.54) is 63.4 Å². The van der Waals surface area contributed by atoms with Crippen LogP contribution in [0.4, 0.5) is 0 Å². The van der Waals surface area contributed by atoms with Gasteiger partial charge >= 0.3 is 0 Å². The van der Waals surface area contributed by atoms with E-state index in [-0.39, 0.29) is 0 Å². The van der Waals surface area contributed by atoms with Crippen molar-refractivity contribution in [3.8, 4) is 23.7 Å². The molecule has 0 heterocycles. The molecule has 0 aliphatic heterocycles. The van der Waals surface area contributed by atoms with Gasteiger partial charge in [0.25, 0.3) is 0 Å². The van der Waals surface area contributed by atoms with Gasteiger partial charge in [-0.15, -0.1) is 5.92 Å². The summed E-state index contributed by atoms with van der Waals surface area (Å²) in [5.74, 6) is 15.1. The van der Waals surface area contributed by atoms with Crippen LogP contribution in [0.25, 0.3) is 0 Å². The third kappa shape index (κ3) is 8.15. The van der Waals surface area contributed by atoms with Crippen LogP contribution < -0.4 is 0 Å². The van der Waals surface area contributed by atoms with E-state index in [9.17, 15) is 0 Å². The zero-order valence-electron chi connectivity index (χ0n) is 16.9. The van der Waals surface area contributed by atoms with Gasteiger partial charge in [-0.05, 0) is 55.7 Å².